The SMILES string of the molecule is COc1ccc(C(=O)OCC(=O)c2cc(C)n(CC3COc4ccccc4O3)c2C)cc1S(=O)(=O)N1CCCC1. The van der Waals surface area contributed by atoms with Crippen molar-refractivity contribution in [3.8, 4) is 17.2 Å². The number of aromatic nitrogens is 1. The summed E-state index contributed by atoms with van der Waals surface area (Å²) in [6, 6.07) is 13.3. The number of carbonyl (C=O) groups is 2. The molecule has 0 saturated carbocycles. The van der Waals surface area contributed by atoms with Gasteiger partial charge in [-0.25, -0.2) is 13.2 Å². The van der Waals surface area contributed by atoms with Crippen molar-refractivity contribution in [2.45, 2.75) is 44.2 Å². The quantitative estimate of drug-likeness (QED) is 0.283. The zero-order valence-electron chi connectivity index (χ0n) is 22.7. The van der Waals surface area contributed by atoms with Gasteiger partial charge in [0.05, 0.1) is 19.2 Å². The third-order valence-electron chi connectivity index (χ3n) is 7.24. The van der Waals surface area contributed by atoms with Gasteiger partial charge in [0, 0.05) is 30.0 Å². The van der Waals surface area contributed by atoms with Gasteiger partial charge in [0.15, 0.2) is 24.2 Å². The second-order valence-corrected chi connectivity index (χ2v) is 11.8. The Bertz CT molecular complexity index is 1540. The Labute approximate surface area is 233 Å². The number of carbonyl (C=O) groups excluding carboxylic acids is 2. The molecule has 1 atom stereocenters. The van der Waals surface area contributed by atoms with Crippen molar-refractivity contribution in [3.05, 3.63) is 71.0 Å². The van der Waals surface area contributed by atoms with Crippen LogP contribution in [0.3, 0.4) is 0 Å². The highest BCUT2D eigenvalue weighted by molar-refractivity contribution is 7.89. The first-order valence-electron chi connectivity index (χ1n) is 13.1. The number of hydrogen-bond acceptors (Lipinski definition) is 8. The van der Waals surface area contributed by atoms with Gasteiger partial charge < -0.3 is 23.5 Å². The molecule has 5 rings (SSSR count). The predicted octanol–water partition coefficient (Wildman–Crippen LogP) is 3.78. The molecule has 1 fully saturated rings. The van der Waals surface area contributed by atoms with Crippen LogP contribution in [0.25, 0.3) is 0 Å². The van der Waals surface area contributed by atoms with E-state index < -0.39 is 22.6 Å². The molecule has 3 heterocycles. The fourth-order valence-electron chi connectivity index (χ4n) is 5.09. The molecule has 212 valence electrons. The summed E-state index contributed by atoms with van der Waals surface area (Å²) >= 11 is 0. The average Bonchev–Trinajstić information content (AvgIpc) is 3.61. The second kappa shape index (κ2) is 11.3. The van der Waals surface area contributed by atoms with Gasteiger partial charge in [0.2, 0.25) is 15.8 Å². The minimum absolute atomic E-state index is 0.0200. The highest BCUT2D eigenvalue weighted by Gasteiger charge is 2.31. The van der Waals surface area contributed by atoms with E-state index in [2.05, 4.69) is 0 Å². The molecule has 1 unspecified atom stereocenters. The van der Waals surface area contributed by atoms with Crippen molar-refractivity contribution < 1.29 is 37.0 Å². The lowest BCUT2D eigenvalue weighted by molar-refractivity contribution is 0.0474. The number of methoxy groups -OCH3 is 1. The molecule has 0 amide bonds. The summed E-state index contributed by atoms with van der Waals surface area (Å²) in [6.45, 7) is 4.94. The van der Waals surface area contributed by atoms with Crippen molar-refractivity contribution in [2.24, 2.45) is 0 Å². The maximum atomic E-state index is 13.1. The van der Waals surface area contributed by atoms with Crippen molar-refractivity contribution in [2.75, 3.05) is 33.4 Å². The molecule has 2 aromatic carbocycles. The number of fused-ring (bicyclic) bond motifs is 1. The maximum Gasteiger partial charge on any atom is 0.338 e. The van der Waals surface area contributed by atoms with Crippen molar-refractivity contribution in [1.29, 1.82) is 0 Å². The first-order valence-corrected chi connectivity index (χ1v) is 14.6. The number of rotatable bonds is 9. The number of benzene rings is 2. The monoisotopic (exact) mass is 568 g/mol. The van der Waals surface area contributed by atoms with E-state index in [1.807, 2.05) is 42.7 Å². The Kier molecular flexibility index (Phi) is 7.86. The summed E-state index contributed by atoms with van der Waals surface area (Å²) in [5.74, 6) is 0.364. The molecule has 2 aliphatic rings. The molecule has 2 aliphatic heterocycles. The molecule has 0 aliphatic carbocycles. The summed E-state index contributed by atoms with van der Waals surface area (Å²) in [7, 11) is -2.46. The molecular weight excluding hydrogens is 536 g/mol. The molecule has 1 saturated heterocycles. The van der Waals surface area contributed by atoms with Gasteiger partial charge in [-0.2, -0.15) is 4.31 Å². The zero-order chi connectivity index (χ0) is 28.4. The van der Waals surface area contributed by atoms with Crippen LogP contribution in [0, 0.1) is 13.8 Å². The van der Waals surface area contributed by atoms with E-state index >= 15 is 0 Å². The minimum atomic E-state index is -3.84. The number of sulfonamides is 1. The Morgan fingerprint density at radius 1 is 1.02 bits per heavy atom. The molecule has 10 nitrogen and oxygen atoms in total. The normalized spacial score (nSPS) is 17.0. The molecule has 0 bridgehead atoms. The van der Waals surface area contributed by atoms with Gasteiger partial charge >= 0.3 is 5.97 Å². The lowest BCUT2D eigenvalue weighted by Crippen LogP contribution is -2.33. The van der Waals surface area contributed by atoms with Gasteiger partial charge in [-0.05, 0) is 63.1 Å². The fraction of sp³-hybridized carbons (Fsp3) is 0.379. The van der Waals surface area contributed by atoms with E-state index in [9.17, 15) is 18.0 Å². The standard InChI is InChI=1S/C29H32N2O8S/c1-19-14-23(20(2)31(19)16-22-17-37-25-8-4-5-9-26(25)39-22)24(32)18-38-29(33)21-10-11-27(36-3)28(15-21)40(34,35)30-12-6-7-13-30/h4-5,8-11,14-15,22H,6-7,12-13,16-18H2,1-3H3. The first-order chi connectivity index (χ1) is 19.2. The maximum absolute atomic E-state index is 13.1. The number of nitrogens with zero attached hydrogens (tertiary/aromatic N) is 2. The van der Waals surface area contributed by atoms with Crippen LogP contribution in [0.5, 0.6) is 17.2 Å². The summed E-state index contributed by atoms with van der Waals surface area (Å²) in [6.07, 6.45) is 1.32. The Morgan fingerprint density at radius 3 is 2.48 bits per heavy atom. The Balaban J connectivity index is 1.26. The number of ether oxygens (including phenoxy) is 4. The van der Waals surface area contributed by atoms with Crippen LogP contribution in [0.15, 0.2) is 53.4 Å². The van der Waals surface area contributed by atoms with Gasteiger partial charge in [0.25, 0.3) is 0 Å². The highest BCUT2D eigenvalue weighted by atomic mass is 32.2. The lowest BCUT2D eigenvalue weighted by atomic mass is 10.1. The van der Waals surface area contributed by atoms with Crippen LogP contribution in [-0.4, -0.2) is 68.6 Å². The van der Waals surface area contributed by atoms with Crippen LogP contribution in [0.4, 0.5) is 0 Å². The molecular formula is C29H32N2O8S. The van der Waals surface area contributed by atoms with Crippen molar-refractivity contribution in [3.63, 3.8) is 0 Å². The van der Waals surface area contributed by atoms with Crippen LogP contribution in [0.2, 0.25) is 0 Å². The molecule has 0 radical (unpaired) electrons. The van der Waals surface area contributed by atoms with E-state index in [4.69, 9.17) is 18.9 Å². The third kappa shape index (κ3) is 5.44. The molecule has 11 heteroatoms. The number of hydrogen-bond donors (Lipinski definition) is 0. The molecule has 0 N–H and O–H groups in total. The summed E-state index contributed by atoms with van der Waals surface area (Å²) in [5.41, 5.74) is 2.05. The molecule has 40 heavy (non-hydrogen) atoms. The summed E-state index contributed by atoms with van der Waals surface area (Å²) < 4.78 is 52.1. The van der Waals surface area contributed by atoms with Crippen molar-refractivity contribution in [1.82, 2.24) is 8.87 Å². The highest BCUT2D eigenvalue weighted by Crippen LogP contribution is 2.32. The van der Waals surface area contributed by atoms with Gasteiger partial charge in [0.1, 0.15) is 17.3 Å². The van der Waals surface area contributed by atoms with E-state index in [1.54, 1.807) is 6.07 Å². The number of aryl methyl sites for hydroxylation is 1. The van der Waals surface area contributed by atoms with Crippen molar-refractivity contribution >= 4 is 21.8 Å². The topological polar surface area (TPSA) is 113 Å². The third-order valence-corrected chi connectivity index (χ3v) is 9.16. The van der Waals surface area contributed by atoms with E-state index in [0.717, 1.165) is 24.2 Å². The Morgan fingerprint density at radius 2 is 1.75 bits per heavy atom. The zero-order valence-corrected chi connectivity index (χ0v) is 23.5. The largest absolute Gasteiger partial charge is 0.495 e. The minimum Gasteiger partial charge on any atom is -0.495 e. The lowest BCUT2D eigenvalue weighted by Gasteiger charge is -2.27. The average molecular weight is 569 g/mol. The van der Waals surface area contributed by atoms with Gasteiger partial charge in [-0.3, -0.25) is 4.79 Å². The van der Waals surface area contributed by atoms with Crippen LogP contribution in [-0.2, 0) is 21.3 Å². The number of para-hydroxylation sites is 2. The summed E-state index contributed by atoms with van der Waals surface area (Å²) in [5, 5.41) is 0. The fourth-order valence-corrected chi connectivity index (χ4v) is 6.78. The van der Waals surface area contributed by atoms with Gasteiger partial charge in [-0.1, -0.05) is 12.1 Å². The van der Waals surface area contributed by atoms with Crippen LogP contribution < -0.4 is 14.2 Å². The predicted molar refractivity (Wildman–Crippen MR) is 146 cm³/mol. The summed E-state index contributed by atoms with van der Waals surface area (Å²) in [4.78, 5) is 25.8. The van der Waals surface area contributed by atoms with Gasteiger partial charge in [-0.15, -0.1) is 0 Å². The molecule has 0 spiro atoms. The van der Waals surface area contributed by atoms with E-state index in [0.29, 0.717) is 43.3 Å². The Hall–Kier alpha value is -3.83. The second-order valence-electron chi connectivity index (χ2n) is 9.87. The van der Waals surface area contributed by atoms with Crippen LogP contribution >= 0.6 is 0 Å². The van der Waals surface area contributed by atoms with E-state index in [1.165, 1.54) is 29.6 Å². The molecule has 3 aromatic rings. The first kappa shape index (κ1) is 27.7. The number of esters is 1. The van der Waals surface area contributed by atoms with Crippen LogP contribution in [0.1, 0.15) is 44.9 Å². The number of ketones is 1. The van der Waals surface area contributed by atoms with E-state index in [-0.39, 0.29) is 28.1 Å². The molecule has 1 aromatic heterocycles. The smallest absolute Gasteiger partial charge is 0.338 e. The number of Topliss-reactive ketones (excluding diaryl/α,β-unsaturated/α-hetero) is 1.